The zero-order valence-corrected chi connectivity index (χ0v) is 7.40. The van der Waals surface area contributed by atoms with E-state index in [-0.39, 0.29) is 5.69 Å². The molecule has 5 heteroatoms. The van der Waals surface area contributed by atoms with Crippen LogP contribution in [-0.2, 0) is 0 Å². The van der Waals surface area contributed by atoms with Gasteiger partial charge in [-0.3, -0.25) is 0 Å². The zero-order chi connectivity index (χ0) is 10.7. The van der Waals surface area contributed by atoms with E-state index in [2.05, 4.69) is 5.32 Å². The number of anilines is 1. The van der Waals surface area contributed by atoms with Crippen LogP contribution in [0.4, 0.5) is 23.2 Å². The van der Waals surface area contributed by atoms with Gasteiger partial charge in [0.05, 0.1) is 6.04 Å². The first-order valence-electron chi connectivity index (χ1n) is 4.00. The summed E-state index contributed by atoms with van der Waals surface area (Å²) in [6, 6.07) is 1.83. The molecule has 1 nitrogen and oxygen atoms in total. The average Bonchev–Trinajstić information content (AvgIpc) is 2.11. The Morgan fingerprint density at radius 2 is 1.79 bits per heavy atom. The van der Waals surface area contributed by atoms with Gasteiger partial charge in [0.2, 0.25) is 0 Å². The highest BCUT2D eigenvalue weighted by Gasteiger charge is 2.14. The monoisotopic (exact) mass is 207 g/mol. The fourth-order valence-corrected chi connectivity index (χ4v) is 0.912. The molecule has 1 aromatic rings. The smallest absolute Gasteiger partial charge is 0.258 e. The van der Waals surface area contributed by atoms with Crippen molar-refractivity contribution >= 4 is 5.69 Å². The molecule has 1 N–H and O–H groups in total. The molecular formula is C9H9F4N. The quantitative estimate of drug-likeness (QED) is 0.751. The summed E-state index contributed by atoms with van der Waals surface area (Å²) in [6.45, 7) is 1.26. The molecule has 0 spiro atoms. The molecule has 0 radical (unpaired) electrons. The van der Waals surface area contributed by atoms with Crippen molar-refractivity contribution in [3.8, 4) is 0 Å². The number of benzene rings is 1. The van der Waals surface area contributed by atoms with Gasteiger partial charge in [-0.15, -0.1) is 0 Å². The average molecular weight is 207 g/mol. The normalized spacial score (nSPS) is 13.0. The van der Waals surface area contributed by atoms with E-state index in [1.807, 2.05) is 0 Å². The predicted octanol–water partition coefficient (Wildman–Crippen LogP) is 3.03. The van der Waals surface area contributed by atoms with Crippen LogP contribution in [0.2, 0.25) is 0 Å². The van der Waals surface area contributed by atoms with Crippen molar-refractivity contribution in [2.45, 2.75) is 19.4 Å². The minimum atomic E-state index is -2.55. The van der Waals surface area contributed by atoms with Crippen LogP contribution in [0.1, 0.15) is 6.92 Å². The molecule has 78 valence electrons. The van der Waals surface area contributed by atoms with Crippen LogP contribution in [0.3, 0.4) is 0 Å². The predicted molar refractivity (Wildman–Crippen MR) is 45.4 cm³/mol. The summed E-state index contributed by atoms with van der Waals surface area (Å²) in [5, 5.41) is 2.35. The molecule has 1 unspecified atom stereocenters. The van der Waals surface area contributed by atoms with E-state index in [1.165, 1.54) is 13.0 Å². The lowest BCUT2D eigenvalue weighted by Gasteiger charge is -2.13. The second-order valence-electron chi connectivity index (χ2n) is 2.90. The first kappa shape index (κ1) is 10.8. The Hall–Kier alpha value is -1.26. The van der Waals surface area contributed by atoms with Crippen molar-refractivity contribution in [3.63, 3.8) is 0 Å². The van der Waals surface area contributed by atoms with Crippen molar-refractivity contribution in [1.29, 1.82) is 0 Å². The lowest BCUT2D eigenvalue weighted by molar-refractivity contribution is 0.130. The summed E-state index contributed by atoms with van der Waals surface area (Å²) >= 11 is 0. The standard InChI is InChI=1S/C9H9F4N/c1-5(9(12)13)14-6-2-3-7(10)8(11)4-6/h2-5,9,14H,1H3. The molecule has 0 saturated carbocycles. The number of halogens is 4. The van der Waals surface area contributed by atoms with E-state index < -0.39 is 24.1 Å². The molecule has 0 aliphatic carbocycles. The molecule has 0 bridgehead atoms. The van der Waals surface area contributed by atoms with Crippen molar-refractivity contribution in [1.82, 2.24) is 0 Å². The second kappa shape index (κ2) is 4.30. The van der Waals surface area contributed by atoms with Crippen molar-refractivity contribution in [2.24, 2.45) is 0 Å². The highest BCUT2D eigenvalue weighted by atomic mass is 19.3. The number of hydrogen-bond acceptors (Lipinski definition) is 1. The second-order valence-corrected chi connectivity index (χ2v) is 2.90. The molecular weight excluding hydrogens is 198 g/mol. The summed E-state index contributed by atoms with van der Waals surface area (Å²) in [4.78, 5) is 0. The van der Waals surface area contributed by atoms with E-state index in [0.717, 1.165) is 12.1 Å². The number of nitrogens with one attached hydrogen (secondary N) is 1. The molecule has 0 aliphatic heterocycles. The molecule has 1 aromatic carbocycles. The van der Waals surface area contributed by atoms with Crippen LogP contribution in [0, 0.1) is 11.6 Å². The van der Waals surface area contributed by atoms with E-state index in [0.29, 0.717) is 0 Å². The van der Waals surface area contributed by atoms with Crippen LogP contribution < -0.4 is 5.32 Å². The third-order valence-corrected chi connectivity index (χ3v) is 1.69. The molecule has 0 fully saturated rings. The lowest BCUT2D eigenvalue weighted by atomic mass is 10.2. The Balaban J connectivity index is 2.73. The van der Waals surface area contributed by atoms with Crippen LogP contribution >= 0.6 is 0 Å². The summed E-state index contributed by atoms with van der Waals surface area (Å²) < 4.78 is 49.2. The van der Waals surface area contributed by atoms with E-state index in [4.69, 9.17) is 0 Å². The van der Waals surface area contributed by atoms with Crippen LogP contribution in [0.25, 0.3) is 0 Å². The summed E-state index contributed by atoms with van der Waals surface area (Å²) in [5.41, 5.74) is 0.136. The van der Waals surface area contributed by atoms with Crippen LogP contribution in [0.5, 0.6) is 0 Å². The zero-order valence-electron chi connectivity index (χ0n) is 7.40. The first-order chi connectivity index (χ1) is 6.50. The molecule has 0 heterocycles. The highest BCUT2D eigenvalue weighted by Crippen LogP contribution is 2.15. The Bertz CT molecular complexity index is 314. The van der Waals surface area contributed by atoms with Gasteiger partial charge in [0, 0.05) is 11.8 Å². The molecule has 1 atom stereocenters. The summed E-state index contributed by atoms with van der Waals surface area (Å²) in [5.74, 6) is -2.06. The molecule has 14 heavy (non-hydrogen) atoms. The first-order valence-corrected chi connectivity index (χ1v) is 4.00. The fourth-order valence-electron chi connectivity index (χ4n) is 0.912. The highest BCUT2D eigenvalue weighted by molar-refractivity contribution is 5.44. The molecule has 0 aliphatic rings. The Labute approximate surface area is 78.7 Å². The Morgan fingerprint density at radius 1 is 1.14 bits per heavy atom. The van der Waals surface area contributed by atoms with E-state index >= 15 is 0 Å². The number of rotatable bonds is 3. The van der Waals surface area contributed by atoms with Gasteiger partial charge in [-0.2, -0.15) is 0 Å². The molecule has 0 saturated heterocycles. The third-order valence-electron chi connectivity index (χ3n) is 1.69. The topological polar surface area (TPSA) is 12.0 Å². The van der Waals surface area contributed by atoms with Gasteiger partial charge in [-0.25, -0.2) is 17.6 Å². The van der Waals surface area contributed by atoms with Gasteiger partial charge >= 0.3 is 0 Å². The van der Waals surface area contributed by atoms with Gasteiger partial charge in [0.15, 0.2) is 11.6 Å². The fraction of sp³-hybridized carbons (Fsp3) is 0.333. The van der Waals surface area contributed by atoms with Crippen molar-refractivity contribution < 1.29 is 17.6 Å². The van der Waals surface area contributed by atoms with Gasteiger partial charge in [0.1, 0.15) is 0 Å². The van der Waals surface area contributed by atoms with Gasteiger partial charge in [-0.05, 0) is 19.1 Å². The van der Waals surface area contributed by atoms with Crippen molar-refractivity contribution in [2.75, 3.05) is 5.32 Å². The largest absolute Gasteiger partial charge is 0.377 e. The SMILES string of the molecule is CC(Nc1ccc(F)c(F)c1)C(F)F. The minimum absolute atomic E-state index is 0.136. The van der Waals surface area contributed by atoms with E-state index in [1.54, 1.807) is 0 Å². The molecule has 0 aromatic heterocycles. The van der Waals surface area contributed by atoms with E-state index in [9.17, 15) is 17.6 Å². The maximum absolute atomic E-state index is 12.6. The minimum Gasteiger partial charge on any atom is -0.377 e. The Morgan fingerprint density at radius 3 is 2.29 bits per heavy atom. The Kier molecular flexibility index (Phi) is 3.33. The summed E-state index contributed by atoms with van der Waals surface area (Å²) in [6.07, 6.45) is -2.55. The summed E-state index contributed by atoms with van der Waals surface area (Å²) in [7, 11) is 0. The molecule has 0 amide bonds. The van der Waals surface area contributed by atoms with Crippen LogP contribution in [0.15, 0.2) is 18.2 Å². The van der Waals surface area contributed by atoms with Crippen molar-refractivity contribution in [3.05, 3.63) is 29.8 Å². The maximum Gasteiger partial charge on any atom is 0.258 e. The lowest BCUT2D eigenvalue weighted by Crippen LogP contribution is -2.23. The van der Waals surface area contributed by atoms with Crippen LogP contribution in [-0.4, -0.2) is 12.5 Å². The number of hydrogen-bond donors (Lipinski definition) is 1. The van der Waals surface area contributed by atoms with Gasteiger partial charge in [0.25, 0.3) is 6.43 Å². The number of alkyl halides is 2. The van der Waals surface area contributed by atoms with Gasteiger partial charge in [-0.1, -0.05) is 0 Å². The molecule has 1 rings (SSSR count). The maximum atomic E-state index is 12.6. The third kappa shape index (κ3) is 2.61. The van der Waals surface area contributed by atoms with Gasteiger partial charge < -0.3 is 5.32 Å².